The number of carbonyl (C=O) groups is 1. The average molecular weight is 385 g/mol. The molecule has 146 valence electrons. The SMILES string of the molecule is COc1ccc(CCNC(=O)N2CCCC(NS(C)(=O)=O)C2)cc1OC. The minimum Gasteiger partial charge on any atom is -0.493 e. The van der Waals surface area contributed by atoms with Crippen molar-refractivity contribution in [1.82, 2.24) is 14.9 Å². The molecule has 1 fully saturated rings. The number of ether oxygens (including phenoxy) is 2. The molecule has 0 bridgehead atoms. The summed E-state index contributed by atoms with van der Waals surface area (Å²) in [5, 5.41) is 2.89. The lowest BCUT2D eigenvalue weighted by Crippen LogP contribution is -2.52. The molecule has 1 unspecified atom stereocenters. The molecule has 1 aromatic carbocycles. The van der Waals surface area contributed by atoms with Gasteiger partial charge in [-0.05, 0) is 37.0 Å². The Labute approximate surface area is 154 Å². The number of amides is 2. The van der Waals surface area contributed by atoms with E-state index in [1.54, 1.807) is 19.1 Å². The molecule has 1 aliphatic rings. The van der Waals surface area contributed by atoms with Gasteiger partial charge in [0.1, 0.15) is 0 Å². The van der Waals surface area contributed by atoms with E-state index in [0.29, 0.717) is 37.6 Å². The predicted molar refractivity (Wildman–Crippen MR) is 99.2 cm³/mol. The molecule has 2 N–H and O–H groups in total. The molecule has 1 aliphatic heterocycles. The van der Waals surface area contributed by atoms with Crippen LogP contribution in [0, 0.1) is 0 Å². The summed E-state index contributed by atoms with van der Waals surface area (Å²) in [5.41, 5.74) is 1.03. The van der Waals surface area contributed by atoms with Gasteiger partial charge in [0.05, 0.1) is 20.5 Å². The van der Waals surface area contributed by atoms with Crippen molar-refractivity contribution in [3.8, 4) is 11.5 Å². The maximum absolute atomic E-state index is 12.3. The molecule has 2 rings (SSSR count). The van der Waals surface area contributed by atoms with E-state index in [-0.39, 0.29) is 12.1 Å². The van der Waals surface area contributed by atoms with Crippen LogP contribution >= 0.6 is 0 Å². The van der Waals surface area contributed by atoms with Gasteiger partial charge in [-0.15, -0.1) is 0 Å². The van der Waals surface area contributed by atoms with Crippen molar-refractivity contribution in [1.29, 1.82) is 0 Å². The van der Waals surface area contributed by atoms with E-state index in [1.807, 2.05) is 18.2 Å². The van der Waals surface area contributed by atoms with Crippen molar-refractivity contribution in [2.24, 2.45) is 0 Å². The number of nitrogens with zero attached hydrogens (tertiary/aromatic N) is 1. The van der Waals surface area contributed by atoms with Crippen molar-refractivity contribution in [2.45, 2.75) is 25.3 Å². The maximum atomic E-state index is 12.3. The first kappa shape index (κ1) is 20.3. The van der Waals surface area contributed by atoms with Crippen LogP contribution in [0.4, 0.5) is 4.79 Å². The summed E-state index contributed by atoms with van der Waals surface area (Å²) >= 11 is 0. The first-order valence-electron chi connectivity index (χ1n) is 8.53. The van der Waals surface area contributed by atoms with Crippen LogP contribution in [0.15, 0.2) is 18.2 Å². The fourth-order valence-electron chi connectivity index (χ4n) is 3.02. The Morgan fingerprint density at radius 1 is 1.27 bits per heavy atom. The Kier molecular flexibility index (Phi) is 7.10. The first-order chi connectivity index (χ1) is 12.3. The highest BCUT2D eigenvalue weighted by atomic mass is 32.2. The standard InChI is InChI=1S/C17H27N3O5S/c1-24-15-7-6-13(11-16(15)25-2)8-9-18-17(21)20-10-4-5-14(12-20)19-26(3,22)23/h6-7,11,14,19H,4-5,8-10,12H2,1-3H3,(H,18,21). The second-order valence-corrected chi connectivity index (χ2v) is 8.13. The largest absolute Gasteiger partial charge is 0.493 e. The second kappa shape index (κ2) is 9.09. The molecule has 2 amide bonds. The quantitative estimate of drug-likeness (QED) is 0.729. The molecule has 1 aromatic rings. The summed E-state index contributed by atoms with van der Waals surface area (Å²) in [4.78, 5) is 14.0. The van der Waals surface area contributed by atoms with Crippen LogP contribution in [0.25, 0.3) is 0 Å². The van der Waals surface area contributed by atoms with Gasteiger partial charge in [-0.2, -0.15) is 0 Å². The first-order valence-corrected chi connectivity index (χ1v) is 10.4. The zero-order valence-corrected chi connectivity index (χ0v) is 16.3. The second-order valence-electron chi connectivity index (χ2n) is 6.35. The van der Waals surface area contributed by atoms with Crippen LogP contribution in [0.2, 0.25) is 0 Å². The Morgan fingerprint density at radius 3 is 2.65 bits per heavy atom. The highest BCUT2D eigenvalue weighted by Crippen LogP contribution is 2.27. The molecule has 1 atom stereocenters. The van der Waals surface area contributed by atoms with Crippen molar-refractivity contribution in [3.05, 3.63) is 23.8 Å². The number of nitrogens with one attached hydrogen (secondary N) is 2. The van der Waals surface area contributed by atoms with E-state index in [9.17, 15) is 13.2 Å². The van der Waals surface area contributed by atoms with E-state index in [4.69, 9.17) is 9.47 Å². The summed E-state index contributed by atoms with van der Waals surface area (Å²) < 4.78 is 35.8. The van der Waals surface area contributed by atoms with Gasteiger partial charge in [-0.3, -0.25) is 0 Å². The molecule has 0 spiro atoms. The Morgan fingerprint density at radius 2 is 2.00 bits per heavy atom. The Balaban J connectivity index is 1.83. The molecular formula is C17H27N3O5S. The smallest absolute Gasteiger partial charge is 0.317 e. The summed E-state index contributed by atoms with van der Waals surface area (Å²) in [6.07, 6.45) is 3.30. The van der Waals surface area contributed by atoms with Gasteiger partial charge < -0.3 is 19.7 Å². The zero-order valence-electron chi connectivity index (χ0n) is 15.4. The monoisotopic (exact) mass is 385 g/mol. The van der Waals surface area contributed by atoms with Gasteiger partial charge in [0, 0.05) is 25.7 Å². The average Bonchev–Trinajstić information content (AvgIpc) is 2.60. The van der Waals surface area contributed by atoms with Gasteiger partial charge in [0.2, 0.25) is 10.0 Å². The highest BCUT2D eigenvalue weighted by Gasteiger charge is 2.25. The molecule has 26 heavy (non-hydrogen) atoms. The number of hydrogen-bond acceptors (Lipinski definition) is 5. The predicted octanol–water partition coefficient (Wildman–Crippen LogP) is 0.970. The van der Waals surface area contributed by atoms with Gasteiger partial charge in [0.15, 0.2) is 11.5 Å². The van der Waals surface area contributed by atoms with Crippen LogP contribution in [0.3, 0.4) is 0 Å². The van der Waals surface area contributed by atoms with Crippen molar-refractivity contribution in [2.75, 3.05) is 40.1 Å². The molecule has 9 heteroatoms. The van der Waals surface area contributed by atoms with E-state index in [1.165, 1.54) is 0 Å². The molecule has 1 heterocycles. The molecule has 0 aliphatic carbocycles. The number of likely N-dealkylation sites (tertiary alicyclic amines) is 1. The van der Waals surface area contributed by atoms with E-state index < -0.39 is 10.0 Å². The minimum atomic E-state index is -3.27. The normalized spacial score (nSPS) is 17.7. The molecule has 0 aromatic heterocycles. The summed E-state index contributed by atoms with van der Waals surface area (Å²) in [7, 11) is -0.0991. The van der Waals surface area contributed by atoms with Gasteiger partial charge in [0.25, 0.3) is 0 Å². The lowest BCUT2D eigenvalue weighted by Gasteiger charge is -2.32. The summed E-state index contributed by atoms with van der Waals surface area (Å²) in [6.45, 7) is 1.49. The van der Waals surface area contributed by atoms with Crippen LogP contribution < -0.4 is 19.5 Å². The Bertz CT molecular complexity index is 723. The molecule has 0 saturated carbocycles. The Hall–Kier alpha value is -2.00. The number of methoxy groups -OCH3 is 2. The summed E-state index contributed by atoms with van der Waals surface area (Å²) in [6, 6.07) is 5.25. The third kappa shape index (κ3) is 6.06. The number of piperidine rings is 1. The third-order valence-electron chi connectivity index (χ3n) is 4.23. The van der Waals surface area contributed by atoms with E-state index in [0.717, 1.165) is 24.7 Å². The zero-order chi connectivity index (χ0) is 19.2. The van der Waals surface area contributed by atoms with Crippen molar-refractivity contribution < 1.29 is 22.7 Å². The van der Waals surface area contributed by atoms with Crippen molar-refractivity contribution >= 4 is 16.1 Å². The fourth-order valence-corrected chi connectivity index (χ4v) is 3.82. The molecular weight excluding hydrogens is 358 g/mol. The topological polar surface area (TPSA) is 97.0 Å². The number of sulfonamides is 1. The molecule has 1 saturated heterocycles. The van der Waals surface area contributed by atoms with E-state index in [2.05, 4.69) is 10.0 Å². The van der Waals surface area contributed by atoms with Crippen LogP contribution in [-0.4, -0.2) is 65.5 Å². The van der Waals surface area contributed by atoms with Gasteiger partial charge >= 0.3 is 6.03 Å². The van der Waals surface area contributed by atoms with Gasteiger partial charge in [-0.1, -0.05) is 6.07 Å². The van der Waals surface area contributed by atoms with Crippen LogP contribution in [0.5, 0.6) is 11.5 Å². The molecule has 0 radical (unpaired) electrons. The summed E-state index contributed by atoms with van der Waals surface area (Å²) in [5.74, 6) is 1.32. The van der Waals surface area contributed by atoms with Crippen LogP contribution in [0.1, 0.15) is 18.4 Å². The highest BCUT2D eigenvalue weighted by molar-refractivity contribution is 7.88. The third-order valence-corrected chi connectivity index (χ3v) is 4.99. The number of urea groups is 1. The lowest BCUT2D eigenvalue weighted by molar-refractivity contribution is 0.177. The molecule has 8 nitrogen and oxygen atoms in total. The minimum absolute atomic E-state index is 0.175. The number of hydrogen-bond donors (Lipinski definition) is 2. The van der Waals surface area contributed by atoms with Crippen molar-refractivity contribution in [3.63, 3.8) is 0 Å². The number of rotatable bonds is 7. The van der Waals surface area contributed by atoms with Gasteiger partial charge in [-0.25, -0.2) is 17.9 Å². The van der Waals surface area contributed by atoms with E-state index >= 15 is 0 Å². The number of carbonyl (C=O) groups excluding carboxylic acids is 1. The fraction of sp³-hybridized carbons (Fsp3) is 0.588. The van der Waals surface area contributed by atoms with Crippen LogP contribution in [-0.2, 0) is 16.4 Å². The lowest BCUT2D eigenvalue weighted by atomic mass is 10.1. The number of benzene rings is 1. The maximum Gasteiger partial charge on any atom is 0.317 e.